The quantitative estimate of drug-likeness (QED) is 0.156. The Morgan fingerprint density at radius 1 is 0.857 bits per heavy atom. The maximum absolute atomic E-state index is 12.7. The number of hydrogen-bond acceptors (Lipinski definition) is 5. The largest absolute Gasteiger partial charge is 0.484 e. The number of rotatable bonds is 8. The van der Waals surface area contributed by atoms with Crippen LogP contribution in [0.1, 0.15) is 41.3 Å². The van der Waals surface area contributed by atoms with Crippen molar-refractivity contribution in [2.45, 2.75) is 19.8 Å². The average Bonchev–Trinajstić information content (AvgIpc) is 2.88. The van der Waals surface area contributed by atoms with Crippen LogP contribution in [0.3, 0.4) is 0 Å². The molecule has 0 bridgehead atoms. The third kappa shape index (κ3) is 6.32. The molecular weight excluding hydrogens is 440 g/mol. The first-order valence-electron chi connectivity index (χ1n) is 11.3. The Labute approximate surface area is 204 Å². The Morgan fingerprint density at radius 3 is 2.29 bits per heavy atom. The van der Waals surface area contributed by atoms with Gasteiger partial charge in [-0.2, -0.15) is 5.10 Å². The molecule has 1 N–H and O–H groups in total. The summed E-state index contributed by atoms with van der Waals surface area (Å²) in [6.07, 6.45) is 1.51. The maximum Gasteiger partial charge on any atom is 0.344 e. The van der Waals surface area contributed by atoms with E-state index in [1.54, 1.807) is 30.3 Å². The van der Waals surface area contributed by atoms with Crippen molar-refractivity contribution in [2.24, 2.45) is 5.10 Å². The number of hydrazone groups is 1. The van der Waals surface area contributed by atoms with E-state index in [0.717, 1.165) is 16.3 Å². The van der Waals surface area contributed by atoms with Gasteiger partial charge in [-0.05, 0) is 70.3 Å². The van der Waals surface area contributed by atoms with Crippen molar-refractivity contribution in [3.05, 3.63) is 108 Å². The summed E-state index contributed by atoms with van der Waals surface area (Å²) in [5.41, 5.74) is 4.89. The molecule has 4 rings (SSSR count). The summed E-state index contributed by atoms with van der Waals surface area (Å²) < 4.78 is 11.0. The summed E-state index contributed by atoms with van der Waals surface area (Å²) in [6, 6.07) is 27.7. The second-order valence-electron chi connectivity index (χ2n) is 8.29. The van der Waals surface area contributed by atoms with Gasteiger partial charge in [0.1, 0.15) is 11.5 Å². The number of carbonyl (C=O) groups is 2. The standard InChI is InChI=1S/C29H26N2O4/c1-20(2)22-12-16-24(17-13-22)34-19-28(32)31-30-18-21-10-14-25(15-11-21)35-29(33)27-9-5-7-23-6-3-4-8-26(23)27/h3-18,20H,19H2,1-2H3,(H,31,32)/b30-18+. The van der Waals surface area contributed by atoms with E-state index in [9.17, 15) is 9.59 Å². The summed E-state index contributed by atoms with van der Waals surface area (Å²) in [6.45, 7) is 4.10. The van der Waals surface area contributed by atoms with Gasteiger partial charge in [0.25, 0.3) is 5.91 Å². The minimum absolute atomic E-state index is 0.137. The second kappa shape index (κ2) is 11.1. The second-order valence-corrected chi connectivity index (χ2v) is 8.29. The van der Waals surface area contributed by atoms with Gasteiger partial charge in [-0.1, -0.05) is 62.4 Å². The lowest BCUT2D eigenvalue weighted by atomic mass is 10.0. The van der Waals surface area contributed by atoms with Gasteiger partial charge in [-0.3, -0.25) is 4.79 Å². The molecule has 1 amide bonds. The van der Waals surface area contributed by atoms with E-state index >= 15 is 0 Å². The Hall–Kier alpha value is -4.45. The average molecular weight is 467 g/mol. The highest BCUT2D eigenvalue weighted by atomic mass is 16.5. The maximum atomic E-state index is 12.7. The monoisotopic (exact) mass is 466 g/mol. The first kappa shape index (κ1) is 23.7. The Kier molecular flexibility index (Phi) is 7.53. The molecule has 0 aromatic heterocycles. The molecule has 0 radical (unpaired) electrons. The predicted molar refractivity (Wildman–Crippen MR) is 137 cm³/mol. The van der Waals surface area contributed by atoms with E-state index in [1.807, 2.05) is 60.7 Å². The molecule has 4 aromatic rings. The lowest BCUT2D eigenvalue weighted by molar-refractivity contribution is -0.123. The molecule has 0 heterocycles. The molecule has 0 spiro atoms. The minimum Gasteiger partial charge on any atom is -0.484 e. The molecule has 0 aliphatic rings. The van der Waals surface area contributed by atoms with Gasteiger partial charge in [0, 0.05) is 0 Å². The van der Waals surface area contributed by atoms with Gasteiger partial charge in [0.05, 0.1) is 11.8 Å². The lowest BCUT2D eigenvalue weighted by Crippen LogP contribution is -2.24. The summed E-state index contributed by atoms with van der Waals surface area (Å²) in [4.78, 5) is 24.6. The number of hydrogen-bond donors (Lipinski definition) is 1. The van der Waals surface area contributed by atoms with Crippen LogP contribution >= 0.6 is 0 Å². The van der Waals surface area contributed by atoms with Crippen LogP contribution in [0.4, 0.5) is 0 Å². The first-order chi connectivity index (χ1) is 17.0. The smallest absolute Gasteiger partial charge is 0.344 e. The van der Waals surface area contributed by atoms with Crippen molar-refractivity contribution < 1.29 is 19.1 Å². The van der Waals surface area contributed by atoms with Crippen molar-refractivity contribution in [3.8, 4) is 11.5 Å². The van der Waals surface area contributed by atoms with Crippen LogP contribution in [0.5, 0.6) is 11.5 Å². The predicted octanol–water partition coefficient (Wildman–Crippen LogP) is 5.71. The van der Waals surface area contributed by atoms with Crippen molar-refractivity contribution in [1.82, 2.24) is 5.43 Å². The van der Waals surface area contributed by atoms with Crippen LogP contribution in [0.15, 0.2) is 96.1 Å². The normalized spacial score (nSPS) is 11.1. The summed E-state index contributed by atoms with van der Waals surface area (Å²) >= 11 is 0. The molecular formula is C29H26N2O4. The number of carbonyl (C=O) groups excluding carboxylic acids is 2. The number of esters is 1. The van der Waals surface area contributed by atoms with Gasteiger partial charge in [0.15, 0.2) is 6.61 Å². The molecule has 0 saturated carbocycles. The number of nitrogens with one attached hydrogen (secondary N) is 1. The fraction of sp³-hybridized carbons (Fsp3) is 0.138. The highest BCUT2D eigenvalue weighted by molar-refractivity contribution is 6.05. The molecule has 6 heteroatoms. The fourth-order valence-electron chi connectivity index (χ4n) is 3.50. The summed E-state index contributed by atoms with van der Waals surface area (Å²) in [5, 5.41) is 5.77. The molecule has 0 saturated heterocycles. The van der Waals surface area contributed by atoms with E-state index < -0.39 is 5.97 Å². The Bertz CT molecular complexity index is 1340. The van der Waals surface area contributed by atoms with Gasteiger partial charge in [-0.15, -0.1) is 0 Å². The Morgan fingerprint density at radius 2 is 1.54 bits per heavy atom. The van der Waals surface area contributed by atoms with Crippen molar-refractivity contribution >= 4 is 28.9 Å². The zero-order valence-corrected chi connectivity index (χ0v) is 19.6. The molecule has 4 aromatic carbocycles. The number of benzene rings is 4. The van der Waals surface area contributed by atoms with Crippen molar-refractivity contribution in [1.29, 1.82) is 0 Å². The minimum atomic E-state index is -0.422. The van der Waals surface area contributed by atoms with Crippen LogP contribution in [0.2, 0.25) is 0 Å². The summed E-state index contributed by atoms with van der Waals surface area (Å²) in [5.74, 6) is 0.694. The molecule has 0 aliphatic carbocycles. The van der Waals surface area contributed by atoms with Crippen molar-refractivity contribution in [3.63, 3.8) is 0 Å². The van der Waals surface area contributed by atoms with E-state index in [4.69, 9.17) is 9.47 Å². The number of nitrogens with zero attached hydrogens (tertiary/aromatic N) is 1. The van der Waals surface area contributed by atoms with Crippen LogP contribution in [-0.2, 0) is 4.79 Å². The zero-order chi connectivity index (χ0) is 24.6. The van der Waals surface area contributed by atoms with Crippen LogP contribution in [0, 0.1) is 0 Å². The van der Waals surface area contributed by atoms with E-state index in [0.29, 0.717) is 23.0 Å². The van der Waals surface area contributed by atoms with Crippen LogP contribution in [-0.4, -0.2) is 24.7 Å². The SMILES string of the molecule is CC(C)c1ccc(OCC(=O)N/N=C/c2ccc(OC(=O)c3cccc4ccccc34)cc2)cc1. The topological polar surface area (TPSA) is 77.0 Å². The third-order valence-electron chi connectivity index (χ3n) is 5.42. The molecule has 6 nitrogen and oxygen atoms in total. The van der Waals surface area contributed by atoms with Gasteiger partial charge in [-0.25, -0.2) is 10.2 Å². The molecule has 0 aliphatic heterocycles. The van der Waals surface area contributed by atoms with Crippen molar-refractivity contribution in [2.75, 3.05) is 6.61 Å². The highest BCUT2D eigenvalue weighted by Gasteiger charge is 2.12. The number of amides is 1. The van der Waals surface area contributed by atoms with E-state index in [-0.39, 0.29) is 12.5 Å². The van der Waals surface area contributed by atoms with Crippen LogP contribution < -0.4 is 14.9 Å². The van der Waals surface area contributed by atoms with Gasteiger partial charge in [0.2, 0.25) is 0 Å². The van der Waals surface area contributed by atoms with Crippen LogP contribution in [0.25, 0.3) is 10.8 Å². The molecule has 0 atom stereocenters. The molecule has 0 unspecified atom stereocenters. The number of fused-ring (bicyclic) bond motifs is 1. The molecule has 35 heavy (non-hydrogen) atoms. The first-order valence-corrected chi connectivity index (χ1v) is 11.3. The number of ether oxygens (including phenoxy) is 2. The zero-order valence-electron chi connectivity index (χ0n) is 19.6. The van der Waals surface area contributed by atoms with Gasteiger partial charge < -0.3 is 9.47 Å². The third-order valence-corrected chi connectivity index (χ3v) is 5.42. The van der Waals surface area contributed by atoms with Gasteiger partial charge >= 0.3 is 5.97 Å². The fourth-order valence-corrected chi connectivity index (χ4v) is 3.50. The highest BCUT2D eigenvalue weighted by Crippen LogP contribution is 2.21. The van der Waals surface area contributed by atoms with E-state index in [1.165, 1.54) is 11.8 Å². The molecule has 0 fully saturated rings. The Balaban J connectivity index is 1.27. The molecule has 176 valence electrons. The summed E-state index contributed by atoms with van der Waals surface area (Å²) in [7, 11) is 0. The van der Waals surface area contributed by atoms with E-state index in [2.05, 4.69) is 24.4 Å². The lowest BCUT2D eigenvalue weighted by Gasteiger charge is -2.08.